The number of carbonyl (C=O) groups is 1. The van der Waals surface area contributed by atoms with Crippen molar-refractivity contribution in [3.63, 3.8) is 0 Å². The summed E-state index contributed by atoms with van der Waals surface area (Å²) in [4.78, 5) is 7.26. The normalized spacial score (nSPS) is 12.4. The zero-order valence-electron chi connectivity index (χ0n) is 8.19. The second-order valence-corrected chi connectivity index (χ2v) is 4.93. The molecule has 0 saturated carbocycles. The summed E-state index contributed by atoms with van der Waals surface area (Å²) in [6, 6.07) is 2.73. The van der Waals surface area contributed by atoms with Crippen molar-refractivity contribution in [3.8, 4) is 5.75 Å². The summed E-state index contributed by atoms with van der Waals surface area (Å²) in [6.07, 6.45) is -5.09. The zero-order chi connectivity index (χ0) is 14.1. The molecule has 1 aromatic rings. The van der Waals surface area contributed by atoms with Gasteiger partial charge in [-0.05, 0) is 34.1 Å². The third-order valence-electron chi connectivity index (χ3n) is 1.67. The third kappa shape index (κ3) is 4.20. The number of ether oxygens (including phenoxy) is 1. The highest BCUT2D eigenvalue weighted by atomic mass is 79.9. The molecule has 0 aliphatic rings. The molecule has 0 fully saturated rings. The molecule has 0 aliphatic carbocycles. The van der Waals surface area contributed by atoms with Gasteiger partial charge < -0.3 is 4.74 Å². The number of hydrogen-bond donors (Lipinski definition) is 0. The van der Waals surface area contributed by atoms with Crippen LogP contribution in [0.2, 0.25) is 0 Å². The number of benzene rings is 1. The zero-order valence-corrected chi connectivity index (χ0v) is 11.4. The molecule has 0 bridgehead atoms. The molecule has 0 atom stereocenters. The first-order chi connectivity index (χ1) is 8.00. The lowest BCUT2D eigenvalue weighted by Gasteiger charge is -2.14. The van der Waals surface area contributed by atoms with Crippen molar-refractivity contribution in [1.82, 2.24) is 0 Å². The minimum Gasteiger partial charge on any atom is -0.405 e. The van der Waals surface area contributed by atoms with Crippen LogP contribution in [-0.4, -0.2) is 17.0 Å². The monoisotopic (exact) mass is 396 g/mol. The Balaban J connectivity index is 3.24. The number of carbonyl (C=O) groups excluding carboxylic acids is 1. The molecule has 0 aliphatic heterocycles. The van der Waals surface area contributed by atoms with Crippen LogP contribution in [0.5, 0.6) is 5.75 Å². The van der Waals surface area contributed by atoms with Crippen molar-refractivity contribution >= 4 is 37.6 Å². The number of halogens is 7. The van der Waals surface area contributed by atoms with Gasteiger partial charge in [0, 0.05) is 4.47 Å². The summed E-state index contributed by atoms with van der Waals surface area (Å²) in [5.41, 5.74) is -0.877. The summed E-state index contributed by atoms with van der Waals surface area (Å²) >= 11 is 4.63. The van der Waals surface area contributed by atoms with Crippen LogP contribution < -0.4 is 4.74 Å². The predicted molar refractivity (Wildman–Crippen MR) is 59.0 cm³/mol. The van der Waals surface area contributed by atoms with E-state index in [-0.39, 0.29) is 4.47 Å². The lowest BCUT2D eigenvalue weighted by atomic mass is 10.1. The van der Waals surface area contributed by atoms with E-state index in [1.165, 1.54) is 0 Å². The molecule has 0 unspecified atom stereocenters. The Hall–Kier alpha value is -0.700. The predicted octanol–water partition coefficient (Wildman–Crippen LogP) is 4.52. The molecule has 100 valence electrons. The maximum absolute atomic E-state index is 12.7. The Morgan fingerprint density at radius 2 is 1.72 bits per heavy atom. The molecule has 0 spiro atoms. The van der Waals surface area contributed by atoms with Gasteiger partial charge in [0.05, 0.1) is 5.56 Å². The molecule has 18 heavy (non-hydrogen) atoms. The van der Waals surface area contributed by atoms with Crippen LogP contribution in [0.25, 0.3) is 0 Å². The van der Waals surface area contributed by atoms with E-state index in [4.69, 9.17) is 0 Å². The topological polar surface area (TPSA) is 26.3 Å². The van der Waals surface area contributed by atoms with Crippen LogP contribution in [0.15, 0.2) is 22.7 Å². The first kappa shape index (κ1) is 15.4. The minimum absolute atomic E-state index is 0.149. The second-order valence-electron chi connectivity index (χ2n) is 3.02. The summed E-state index contributed by atoms with van der Waals surface area (Å²) in [6.45, 7) is 0. The maximum atomic E-state index is 12.7. The van der Waals surface area contributed by atoms with E-state index >= 15 is 0 Å². The van der Waals surface area contributed by atoms with Gasteiger partial charge in [0.15, 0.2) is 0 Å². The van der Waals surface area contributed by atoms with Crippen LogP contribution in [-0.2, 0) is 0 Å². The number of hydrogen-bond acceptors (Lipinski definition) is 2. The summed E-state index contributed by atoms with van der Waals surface area (Å²) in [7, 11) is 0. The second kappa shape index (κ2) is 5.12. The summed E-state index contributed by atoms with van der Waals surface area (Å²) < 4.78 is 65.3. The van der Waals surface area contributed by atoms with Crippen LogP contribution in [0.1, 0.15) is 10.4 Å². The largest absolute Gasteiger partial charge is 0.573 e. The number of Topliss-reactive ketones (excluding diaryl/α,β-unsaturated/α-hetero) is 1. The van der Waals surface area contributed by atoms with E-state index in [9.17, 15) is 26.7 Å². The van der Waals surface area contributed by atoms with E-state index in [2.05, 4.69) is 20.7 Å². The van der Waals surface area contributed by atoms with Crippen molar-refractivity contribution in [3.05, 3.63) is 28.2 Å². The molecule has 2 nitrogen and oxygen atoms in total. The van der Waals surface area contributed by atoms with Gasteiger partial charge in [-0.3, -0.25) is 4.79 Å². The molecular formula is C9H3Br2F5O2. The van der Waals surface area contributed by atoms with Crippen LogP contribution >= 0.6 is 31.9 Å². The fourth-order valence-electron chi connectivity index (χ4n) is 1.05. The van der Waals surface area contributed by atoms with E-state index in [0.717, 1.165) is 18.2 Å². The van der Waals surface area contributed by atoms with Crippen molar-refractivity contribution in [1.29, 1.82) is 0 Å². The van der Waals surface area contributed by atoms with Crippen LogP contribution in [0, 0.1) is 0 Å². The highest BCUT2D eigenvalue weighted by Gasteiger charge is 2.40. The Morgan fingerprint density at radius 3 is 2.17 bits per heavy atom. The van der Waals surface area contributed by atoms with Crippen LogP contribution in [0.4, 0.5) is 22.0 Å². The van der Waals surface area contributed by atoms with Gasteiger partial charge in [-0.15, -0.1) is 13.2 Å². The lowest BCUT2D eigenvalue weighted by molar-refractivity contribution is -0.274. The molecule has 1 aromatic carbocycles. The average Bonchev–Trinajstić information content (AvgIpc) is 2.12. The van der Waals surface area contributed by atoms with E-state index in [1.807, 2.05) is 0 Å². The van der Waals surface area contributed by atoms with E-state index in [1.54, 1.807) is 15.9 Å². The highest BCUT2D eigenvalue weighted by Crippen LogP contribution is 2.35. The van der Waals surface area contributed by atoms with Gasteiger partial charge in [-0.1, -0.05) is 15.9 Å². The number of alkyl halides is 6. The Bertz CT molecular complexity index is 467. The van der Waals surface area contributed by atoms with Crippen molar-refractivity contribution in [2.75, 3.05) is 0 Å². The van der Waals surface area contributed by atoms with E-state index < -0.39 is 28.3 Å². The van der Waals surface area contributed by atoms with Gasteiger partial charge in [-0.25, -0.2) is 0 Å². The standard InChI is InChI=1S/C9H3Br2F5O2/c10-4-1-2-5(7(17)8(11,12)13)6(3-4)18-9(14,15)16/h1-3H. The van der Waals surface area contributed by atoms with Crippen LogP contribution in [0.3, 0.4) is 0 Å². The fourth-order valence-corrected chi connectivity index (χ4v) is 1.60. The van der Waals surface area contributed by atoms with Crippen molar-refractivity contribution in [2.24, 2.45) is 0 Å². The molecule has 9 heteroatoms. The molecule has 0 heterocycles. The van der Waals surface area contributed by atoms with Crippen molar-refractivity contribution in [2.45, 2.75) is 11.2 Å². The Labute approximate surface area is 114 Å². The number of ketones is 1. The molecule has 0 N–H and O–H groups in total. The van der Waals surface area contributed by atoms with Gasteiger partial charge in [-0.2, -0.15) is 8.78 Å². The molecule has 0 amide bonds. The van der Waals surface area contributed by atoms with Gasteiger partial charge in [0.1, 0.15) is 5.75 Å². The first-order valence-electron chi connectivity index (χ1n) is 4.17. The lowest BCUT2D eigenvalue weighted by Crippen LogP contribution is -2.24. The Kier molecular flexibility index (Phi) is 4.37. The van der Waals surface area contributed by atoms with Gasteiger partial charge in [0.2, 0.25) is 5.78 Å². The molecular weight excluding hydrogens is 395 g/mol. The molecule has 0 radical (unpaired) electrons. The Morgan fingerprint density at radius 1 is 1.17 bits per heavy atom. The summed E-state index contributed by atoms with van der Waals surface area (Å²) in [5.74, 6) is -2.82. The molecule has 0 aromatic heterocycles. The number of rotatable bonds is 3. The van der Waals surface area contributed by atoms with Gasteiger partial charge >= 0.3 is 11.2 Å². The highest BCUT2D eigenvalue weighted by molar-refractivity contribution is 9.10. The van der Waals surface area contributed by atoms with Crippen molar-refractivity contribution < 1.29 is 31.5 Å². The average molecular weight is 398 g/mol. The maximum Gasteiger partial charge on any atom is 0.573 e. The SMILES string of the molecule is O=C(c1ccc(Br)cc1OC(F)(F)F)C(F)(F)Br. The first-order valence-corrected chi connectivity index (χ1v) is 5.76. The minimum atomic E-state index is -5.09. The smallest absolute Gasteiger partial charge is 0.405 e. The van der Waals surface area contributed by atoms with Gasteiger partial charge in [0.25, 0.3) is 0 Å². The fraction of sp³-hybridized carbons (Fsp3) is 0.222. The molecule has 1 rings (SSSR count). The molecule has 0 saturated heterocycles. The van der Waals surface area contributed by atoms with E-state index in [0.29, 0.717) is 0 Å². The third-order valence-corrected chi connectivity index (χ3v) is 2.52. The summed E-state index contributed by atoms with van der Waals surface area (Å²) in [5, 5.41) is 0. The quantitative estimate of drug-likeness (QED) is 0.426.